The Kier molecular flexibility index (Phi) is 11.9. The molecule has 0 unspecified atom stereocenters. The summed E-state index contributed by atoms with van der Waals surface area (Å²) in [6, 6.07) is 6.22. The Balaban J connectivity index is 1.98. The standard InChI is InChI=1S/C24H31ClN4O7S/c1-4-35-12-5-10-26-22(30)17-7-9-21(19(25)14-17)37(33,34)29-23(31)18-6-8-20(28-15-18)24(32)27-11-13-36-16(2)3/h6-9,14-16H,4-5,10-13H2,1-3H3,(H,26,30)(H,27,32)(H,29,31). The van der Waals surface area contributed by atoms with Gasteiger partial charge in [-0.3, -0.25) is 19.4 Å². The first-order valence-electron chi connectivity index (χ1n) is 11.6. The number of ether oxygens (including phenoxy) is 2. The molecule has 3 amide bonds. The van der Waals surface area contributed by atoms with Gasteiger partial charge in [0.2, 0.25) is 0 Å². The van der Waals surface area contributed by atoms with E-state index < -0.39 is 27.7 Å². The number of aromatic nitrogens is 1. The fourth-order valence-electron chi connectivity index (χ4n) is 2.93. The number of pyridine rings is 1. The van der Waals surface area contributed by atoms with Crippen LogP contribution in [-0.4, -0.2) is 70.1 Å². The quantitative estimate of drug-likeness (QED) is 0.300. The van der Waals surface area contributed by atoms with Crippen LogP contribution in [0.4, 0.5) is 0 Å². The predicted molar refractivity (Wildman–Crippen MR) is 137 cm³/mol. The summed E-state index contributed by atoms with van der Waals surface area (Å²) in [5.41, 5.74) is 0.140. The van der Waals surface area contributed by atoms with Crippen molar-refractivity contribution in [2.75, 3.05) is 32.9 Å². The Bertz CT molecular complexity index is 1190. The Morgan fingerprint density at radius 1 is 0.973 bits per heavy atom. The van der Waals surface area contributed by atoms with Crippen molar-refractivity contribution >= 4 is 39.3 Å². The summed E-state index contributed by atoms with van der Waals surface area (Å²) in [7, 11) is -4.36. The number of carbonyl (C=O) groups is 3. The Morgan fingerprint density at radius 3 is 2.30 bits per heavy atom. The van der Waals surface area contributed by atoms with Crippen LogP contribution in [0.1, 0.15) is 58.4 Å². The fraction of sp³-hybridized carbons (Fsp3) is 0.417. The summed E-state index contributed by atoms with van der Waals surface area (Å²) < 4.78 is 37.9. The van der Waals surface area contributed by atoms with Gasteiger partial charge in [0.05, 0.1) is 23.3 Å². The lowest BCUT2D eigenvalue weighted by Crippen LogP contribution is -2.31. The molecule has 0 atom stereocenters. The molecular weight excluding hydrogens is 524 g/mol. The largest absolute Gasteiger partial charge is 0.382 e. The van der Waals surface area contributed by atoms with Gasteiger partial charge in [-0.05, 0) is 57.5 Å². The number of nitrogens with one attached hydrogen (secondary N) is 3. The van der Waals surface area contributed by atoms with E-state index in [1.165, 1.54) is 24.3 Å². The van der Waals surface area contributed by atoms with E-state index in [4.69, 9.17) is 21.1 Å². The Labute approximate surface area is 221 Å². The predicted octanol–water partition coefficient (Wildman–Crippen LogP) is 2.16. The number of carbonyl (C=O) groups excluding carboxylic acids is 3. The second-order valence-corrected chi connectivity index (χ2v) is 10.1. The van der Waals surface area contributed by atoms with Crippen LogP contribution in [0.5, 0.6) is 0 Å². The van der Waals surface area contributed by atoms with Crippen LogP contribution in [0.2, 0.25) is 5.02 Å². The van der Waals surface area contributed by atoms with Gasteiger partial charge in [0.15, 0.2) is 0 Å². The van der Waals surface area contributed by atoms with E-state index in [1.54, 1.807) is 0 Å². The zero-order valence-corrected chi connectivity index (χ0v) is 22.4. The molecule has 0 aliphatic heterocycles. The molecule has 13 heteroatoms. The number of benzene rings is 1. The molecule has 1 heterocycles. The van der Waals surface area contributed by atoms with E-state index in [-0.39, 0.29) is 39.4 Å². The molecule has 0 saturated heterocycles. The minimum Gasteiger partial charge on any atom is -0.382 e. The van der Waals surface area contributed by atoms with Crippen LogP contribution in [0.25, 0.3) is 0 Å². The SMILES string of the molecule is CCOCCCNC(=O)c1ccc(S(=O)(=O)NC(=O)c2ccc(C(=O)NCCOC(C)C)nc2)c(Cl)c1. The lowest BCUT2D eigenvalue weighted by molar-refractivity contribution is 0.0745. The van der Waals surface area contributed by atoms with Gasteiger partial charge in [-0.15, -0.1) is 0 Å². The monoisotopic (exact) mass is 554 g/mol. The van der Waals surface area contributed by atoms with Crippen LogP contribution in [0.15, 0.2) is 41.4 Å². The third kappa shape index (κ3) is 9.73. The number of hydrogen-bond acceptors (Lipinski definition) is 8. The highest BCUT2D eigenvalue weighted by Crippen LogP contribution is 2.23. The van der Waals surface area contributed by atoms with E-state index in [0.29, 0.717) is 32.8 Å². The van der Waals surface area contributed by atoms with E-state index in [2.05, 4.69) is 15.6 Å². The first-order chi connectivity index (χ1) is 17.5. The van der Waals surface area contributed by atoms with Crippen molar-refractivity contribution in [3.63, 3.8) is 0 Å². The highest BCUT2D eigenvalue weighted by molar-refractivity contribution is 7.90. The maximum atomic E-state index is 12.7. The van der Waals surface area contributed by atoms with Crippen LogP contribution in [0, 0.1) is 0 Å². The number of rotatable bonds is 14. The average molecular weight is 555 g/mol. The van der Waals surface area contributed by atoms with Crippen molar-refractivity contribution in [3.05, 3.63) is 58.4 Å². The second kappa shape index (κ2) is 14.6. The second-order valence-electron chi connectivity index (χ2n) is 7.99. The fourth-order valence-corrected chi connectivity index (χ4v) is 4.45. The Hall–Kier alpha value is -3.06. The van der Waals surface area contributed by atoms with Gasteiger partial charge in [-0.25, -0.2) is 13.1 Å². The van der Waals surface area contributed by atoms with Crippen molar-refractivity contribution in [1.29, 1.82) is 0 Å². The highest BCUT2D eigenvalue weighted by Gasteiger charge is 2.23. The first-order valence-corrected chi connectivity index (χ1v) is 13.5. The molecule has 0 aliphatic carbocycles. The minimum absolute atomic E-state index is 0.0393. The van der Waals surface area contributed by atoms with Crippen LogP contribution < -0.4 is 15.4 Å². The number of hydrogen-bond donors (Lipinski definition) is 3. The molecular formula is C24H31ClN4O7S. The van der Waals surface area contributed by atoms with E-state index in [1.807, 2.05) is 25.5 Å². The molecule has 1 aromatic carbocycles. The molecule has 3 N–H and O–H groups in total. The molecule has 0 fully saturated rings. The van der Waals surface area contributed by atoms with Crippen molar-refractivity contribution < 1.29 is 32.3 Å². The normalized spacial score (nSPS) is 11.3. The Morgan fingerprint density at radius 2 is 1.68 bits per heavy atom. The summed E-state index contributed by atoms with van der Waals surface area (Å²) >= 11 is 6.12. The lowest BCUT2D eigenvalue weighted by Gasteiger charge is -2.11. The van der Waals surface area contributed by atoms with Crippen molar-refractivity contribution in [1.82, 2.24) is 20.3 Å². The minimum atomic E-state index is -4.36. The van der Waals surface area contributed by atoms with Gasteiger partial charge in [0.25, 0.3) is 27.7 Å². The number of sulfonamides is 1. The van der Waals surface area contributed by atoms with Crippen LogP contribution >= 0.6 is 11.6 Å². The van der Waals surface area contributed by atoms with Gasteiger partial charge < -0.3 is 20.1 Å². The zero-order valence-electron chi connectivity index (χ0n) is 20.9. The molecule has 1 aromatic heterocycles. The number of halogens is 1. The summed E-state index contributed by atoms with van der Waals surface area (Å²) in [5.74, 6) is -1.84. The third-order valence-electron chi connectivity index (χ3n) is 4.76. The topological polar surface area (TPSA) is 153 Å². The molecule has 2 aromatic rings. The van der Waals surface area contributed by atoms with E-state index >= 15 is 0 Å². The van der Waals surface area contributed by atoms with Gasteiger partial charge >= 0.3 is 0 Å². The lowest BCUT2D eigenvalue weighted by atomic mass is 10.2. The van der Waals surface area contributed by atoms with Crippen LogP contribution in [0.3, 0.4) is 0 Å². The van der Waals surface area contributed by atoms with E-state index in [0.717, 1.165) is 12.3 Å². The van der Waals surface area contributed by atoms with Gasteiger partial charge in [0, 0.05) is 38.1 Å². The molecule has 0 spiro atoms. The summed E-state index contributed by atoms with van der Waals surface area (Å²) in [6.45, 7) is 7.73. The zero-order chi connectivity index (χ0) is 27.4. The van der Waals surface area contributed by atoms with Crippen LogP contribution in [-0.2, 0) is 19.5 Å². The summed E-state index contributed by atoms with van der Waals surface area (Å²) in [4.78, 5) is 40.4. The maximum Gasteiger partial charge on any atom is 0.269 e. The summed E-state index contributed by atoms with van der Waals surface area (Å²) in [6.07, 6.45) is 1.75. The molecule has 202 valence electrons. The average Bonchev–Trinajstić information content (AvgIpc) is 2.85. The first kappa shape index (κ1) is 30.2. The van der Waals surface area contributed by atoms with Gasteiger partial charge in [-0.2, -0.15) is 0 Å². The van der Waals surface area contributed by atoms with Crippen molar-refractivity contribution in [3.8, 4) is 0 Å². The molecule has 37 heavy (non-hydrogen) atoms. The molecule has 0 aliphatic rings. The molecule has 0 bridgehead atoms. The number of amides is 3. The molecule has 2 rings (SSSR count). The highest BCUT2D eigenvalue weighted by atomic mass is 35.5. The van der Waals surface area contributed by atoms with Gasteiger partial charge in [-0.1, -0.05) is 11.6 Å². The third-order valence-corrected chi connectivity index (χ3v) is 6.58. The molecule has 11 nitrogen and oxygen atoms in total. The van der Waals surface area contributed by atoms with E-state index in [9.17, 15) is 22.8 Å². The van der Waals surface area contributed by atoms with Gasteiger partial charge in [0.1, 0.15) is 10.6 Å². The maximum absolute atomic E-state index is 12.7. The smallest absolute Gasteiger partial charge is 0.269 e. The van der Waals surface area contributed by atoms with Crippen molar-refractivity contribution in [2.24, 2.45) is 0 Å². The molecule has 0 saturated carbocycles. The van der Waals surface area contributed by atoms with Crippen molar-refractivity contribution in [2.45, 2.75) is 38.2 Å². The summed E-state index contributed by atoms with van der Waals surface area (Å²) in [5, 5.41) is 5.09. The number of nitrogens with zero attached hydrogens (tertiary/aromatic N) is 1. The molecule has 0 radical (unpaired) electrons.